The zero-order valence-electron chi connectivity index (χ0n) is 14.4. The second-order valence-corrected chi connectivity index (χ2v) is 6.80. The number of H-pyrrole nitrogens is 1. The van der Waals surface area contributed by atoms with Crippen LogP contribution in [0.1, 0.15) is 12.8 Å². The zero-order valence-corrected chi connectivity index (χ0v) is 14.4. The van der Waals surface area contributed by atoms with E-state index < -0.39 is 6.09 Å². The summed E-state index contributed by atoms with van der Waals surface area (Å²) in [7, 11) is 0. The minimum atomic E-state index is -1.15. The van der Waals surface area contributed by atoms with Crippen molar-refractivity contribution in [1.29, 1.82) is 0 Å². The van der Waals surface area contributed by atoms with Gasteiger partial charge in [0.15, 0.2) is 5.65 Å². The van der Waals surface area contributed by atoms with E-state index in [1.807, 2.05) is 6.07 Å². The largest absolute Gasteiger partial charge is 0.464 e. The third-order valence-corrected chi connectivity index (χ3v) is 5.03. The number of anilines is 3. The van der Waals surface area contributed by atoms with E-state index in [-0.39, 0.29) is 18.2 Å². The van der Waals surface area contributed by atoms with Gasteiger partial charge in [-0.1, -0.05) is 18.2 Å². The zero-order chi connectivity index (χ0) is 18.4. The van der Waals surface area contributed by atoms with Crippen molar-refractivity contribution in [2.75, 3.05) is 22.9 Å². The molecule has 2 bridgehead atoms. The number of hydrogen-bond donors (Lipinski definition) is 2. The summed E-state index contributed by atoms with van der Waals surface area (Å²) in [6.07, 6.45) is 2.99. The molecule has 0 spiro atoms. The van der Waals surface area contributed by atoms with Gasteiger partial charge in [0, 0.05) is 13.1 Å². The van der Waals surface area contributed by atoms with Crippen LogP contribution in [0.2, 0.25) is 0 Å². The highest BCUT2D eigenvalue weighted by Gasteiger charge is 2.35. The summed E-state index contributed by atoms with van der Waals surface area (Å²) in [6, 6.07) is 8.81. The van der Waals surface area contributed by atoms with Crippen molar-refractivity contribution in [1.82, 2.24) is 20.2 Å². The lowest BCUT2D eigenvalue weighted by Crippen LogP contribution is -2.43. The molecule has 2 saturated heterocycles. The predicted octanol–water partition coefficient (Wildman–Crippen LogP) is 2.54. The minimum Gasteiger partial charge on any atom is -0.464 e. The molecule has 27 heavy (non-hydrogen) atoms. The normalized spacial score (nSPS) is 21.6. The van der Waals surface area contributed by atoms with Crippen molar-refractivity contribution in [3.05, 3.63) is 36.5 Å². The van der Waals surface area contributed by atoms with E-state index in [0.717, 1.165) is 36.2 Å². The molecule has 2 aliphatic rings. The summed E-state index contributed by atoms with van der Waals surface area (Å²) in [6.45, 7) is 1.46. The molecule has 1 aromatic carbocycles. The van der Waals surface area contributed by atoms with Gasteiger partial charge in [0.1, 0.15) is 5.82 Å². The van der Waals surface area contributed by atoms with Crippen molar-refractivity contribution >= 4 is 34.6 Å². The molecule has 9 heteroatoms. The molecule has 2 aliphatic heterocycles. The fourth-order valence-electron chi connectivity index (χ4n) is 3.83. The first kappa shape index (κ1) is 16.0. The third-order valence-electron chi connectivity index (χ3n) is 5.03. The van der Waals surface area contributed by atoms with Crippen LogP contribution in [0, 0.1) is 0 Å². The number of carbonyl (C=O) groups is 1. The van der Waals surface area contributed by atoms with Crippen LogP contribution >= 0.6 is 0 Å². The maximum absolute atomic E-state index is 12.0. The van der Waals surface area contributed by atoms with Crippen LogP contribution in [0.3, 0.4) is 0 Å². The number of hydrogen-bond acceptors (Lipinski definition) is 6. The number of aromatic amines is 1. The van der Waals surface area contributed by atoms with Gasteiger partial charge in [-0.15, -0.1) is 0 Å². The van der Waals surface area contributed by atoms with Gasteiger partial charge in [0.05, 0.1) is 29.5 Å². The first-order valence-corrected chi connectivity index (χ1v) is 8.88. The summed E-state index contributed by atoms with van der Waals surface area (Å²) < 4.78 is 5.91. The van der Waals surface area contributed by atoms with Crippen LogP contribution in [0.4, 0.5) is 22.2 Å². The van der Waals surface area contributed by atoms with Crippen molar-refractivity contribution in [2.45, 2.75) is 25.0 Å². The molecule has 0 saturated carbocycles. The molecule has 0 aliphatic carbocycles. The Morgan fingerprint density at radius 3 is 2.63 bits per heavy atom. The molecule has 9 nitrogen and oxygen atoms in total. The van der Waals surface area contributed by atoms with Gasteiger partial charge < -0.3 is 14.7 Å². The SMILES string of the molecule is O=C(O)N(c1ccccc1)c1nc(N2CC3CCC(C2)O3)c2cn[nH]c2n1. The summed E-state index contributed by atoms with van der Waals surface area (Å²) in [5.41, 5.74) is 0.993. The van der Waals surface area contributed by atoms with E-state index in [1.165, 1.54) is 0 Å². The first-order valence-electron chi connectivity index (χ1n) is 8.88. The van der Waals surface area contributed by atoms with Crippen molar-refractivity contribution in [3.8, 4) is 0 Å². The topological polar surface area (TPSA) is 107 Å². The summed E-state index contributed by atoms with van der Waals surface area (Å²) in [4.78, 5) is 24.2. The van der Waals surface area contributed by atoms with Crippen molar-refractivity contribution in [2.24, 2.45) is 0 Å². The number of rotatable bonds is 3. The van der Waals surface area contributed by atoms with E-state index in [0.29, 0.717) is 17.2 Å². The highest BCUT2D eigenvalue weighted by atomic mass is 16.5. The van der Waals surface area contributed by atoms with Crippen LogP contribution in [-0.4, -0.2) is 56.7 Å². The molecular weight excluding hydrogens is 348 g/mol. The number of benzene rings is 1. The molecular formula is C18H18N6O3. The Labute approximate surface area is 154 Å². The average molecular weight is 366 g/mol. The Morgan fingerprint density at radius 2 is 1.93 bits per heavy atom. The molecule has 2 atom stereocenters. The second-order valence-electron chi connectivity index (χ2n) is 6.80. The van der Waals surface area contributed by atoms with E-state index in [1.54, 1.807) is 30.5 Å². The Bertz CT molecular complexity index is 979. The summed E-state index contributed by atoms with van der Waals surface area (Å²) in [5, 5.41) is 17.5. The number of nitrogens with one attached hydrogen (secondary N) is 1. The van der Waals surface area contributed by atoms with Crippen LogP contribution in [-0.2, 0) is 4.74 Å². The molecule has 2 N–H and O–H groups in total. The van der Waals surface area contributed by atoms with Gasteiger partial charge in [0.25, 0.3) is 0 Å². The fourth-order valence-corrected chi connectivity index (χ4v) is 3.83. The number of aromatic nitrogens is 4. The quantitative estimate of drug-likeness (QED) is 0.733. The molecule has 1 amide bonds. The minimum absolute atomic E-state index is 0.0966. The lowest BCUT2D eigenvalue weighted by atomic mass is 10.2. The predicted molar refractivity (Wildman–Crippen MR) is 98.4 cm³/mol. The summed E-state index contributed by atoms with van der Waals surface area (Å²) >= 11 is 0. The van der Waals surface area contributed by atoms with Gasteiger partial charge in [0.2, 0.25) is 5.95 Å². The second kappa shape index (κ2) is 6.20. The van der Waals surface area contributed by atoms with Crippen LogP contribution in [0.5, 0.6) is 0 Å². The van der Waals surface area contributed by atoms with Crippen molar-refractivity contribution < 1.29 is 14.6 Å². The Morgan fingerprint density at radius 1 is 1.19 bits per heavy atom. The van der Waals surface area contributed by atoms with E-state index in [2.05, 4.69) is 25.1 Å². The number of morpholine rings is 1. The monoisotopic (exact) mass is 366 g/mol. The number of carboxylic acid groups (broad SMARTS) is 1. The number of fused-ring (bicyclic) bond motifs is 3. The number of amides is 1. The van der Waals surface area contributed by atoms with E-state index in [4.69, 9.17) is 4.74 Å². The Hall–Kier alpha value is -3.20. The van der Waals surface area contributed by atoms with Gasteiger partial charge >= 0.3 is 6.09 Å². The van der Waals surface area contributed by atoms with Gasteiger partial charge in [-0.2, -0.15) is 15.1 Å². The third kappa shape index (κ3) is 2.76. The van der Waals surface area contributed by atoms with Crippen molar-refractivity contribution in [3.63, 3.8) is 0 Å². The van der Waals surface area contributed by atoms with Gasteiger partial charge in [-0.3, -0.25) is 5.10 Å². The smallest absolute Gasteiger partial charge is 0.418 e. The molecule has 3 aromatic rings. The highest BCUT2D eigenvalue weighted by molar-refractivity contribution is 5.95. The summed E-state index contributed by atoms with van der Waals surface area (Å²) in [5.74, 6) is 0.783. The lowest BCUT2D eigenvalue weighted by molar-refractivity contribution is 0.0303. The highest BCUT2D eigenvalue weighted by Crippen LogP contribution is 2.33. The molecule has 4 heterocycles. The van der Waals surface area contributed by atoms with Crippen LogP contribution in [0.15, 0.2) is 36.5 Å². The van der Waals surface area contributed by atoms with Gasteiger partial charge in [-0.05, 0) is 25.0 Å². The number of para-hydroxylation sites is 1. The van der Waals surface area contributed by atoms with Gasteiger partial charge in [-0.25, -0.2) is 9.69 Å². The van der Waals surface area contributed by atoms with Crippen LogP contribution < -0.4 is 9.80 Å². The number of nitrogens with zero attached hydrogens (tertiary/aromatic N) is 5. The van der Waals surface area contributed by atoms with E-state index >= 15 is 0 Å². The fraction of sp³-hybridized carbons (Fsp3) is 0.333. The molecule has 0 radical (unpaired) electrons. The standard InChI is InChI=1S/C18H18N6O3/c25-18(26)24(11-4-2-1-3-5-11)17-20-15-14(8-19-22-15)16(21-17)23-9-12-6-7-13(10-23)27-12/h1-5,8,12-13H,6-7,9-10H2,(H,25,26)(H,19,20,21,22). The molecule has 2 aromatic heterocycles. The maximum atomic E-state index is 12.0. The molecule has 2 fully saturated rings. The lowest BCUT2D eigenvalue weighted by Gasteiger charge is -2.33. The number of ether oxygens (including phenoxy) is 1. The molecule has 138 valence electrons. The maximum Gasteiger partial charge on any atom is 0.418 e. The molecule has 2 unspecified atom stereocenters. The van der Waals surface area contributed by atoms with E-state index in [9.17, 15) is 9.90 Å². The Kier molecular flexibility index (Phi) is 3.68. The first-order chi connectivity index (χ1) is 13.2. The van der Waals surface area contributed by atoms with Crippen LogP contribution in [0.25, 0.3) is 11.0 Å². The molecule has 5 rings (SSSR count). The average Bonchev–Trinajstić information content (AvgIpc) is 3.27. The Balaban J connectivity index is 1.62.